The van der Waals surface area contributed by atoms with Crippen molar-refractivity contribution in [1.82, 2.24) is 9.59 Å². The molecule has 82 valence electrons. The van der Waals surface area contributed by atoms with Crippen LogP contribution in [-0.2, 0) is 0 Å². The van der Waals surface area contributed by atoms with Crippen molar-refractivity contribution in [3.05, 3.63) is 40.2 Å². The van der Waals surface area contributed by atoms with Crippen molar-refractivity contribution in [3.8, 4) is 0 Å². The standard InChI is InChI=1S/C9H5BrFN3OS/c10-5-2-1-3-6(11)8(5)9(15)13-7-4-12-14-16-7/h1-4H,(H,13,15). The molecule has 0 saturated heterocycles. The first-order valence-electron chi connectivity index (χ1n) is 4.21. The van der Waals surface area contributed by atoms with Crippen molar-refractivity contribution in [2.24, 2.45) is 0 Å². The Hall–Kier alpha value is -1.34. The molecule has 0 radical (unpaired) electrons. The topological polar surface area (TPSA) is 54.9 Å². The molecule has 0 fully saturated rings. The van der Waals surface area contributed by atoms with Crippen LogP contribution in [0.2, 0.25) is 0 Å². The Morgan fingerprint density at radius 1 is 1.50 bits per heavy atom. The second-order valence-electron chi connectivity index (χ2n) is 2.83. The average molecular weight is 302 g/mol. The molecular weight excluding hydrogens is 297 g/mol. The highest BCUT2D eigenvalue weighted by molar-refractivity contribution is 9.10. The number of carbonyl (C=O) groups excluding carboxylic acids is 1. The molecule has 1 aromatic heterocycles. The highest BCUT2D eigenvalue weighted by atomic mass is 79.9. The van der Waals surface area contributed by atoms with E-state index >= 15 is 0 Å². The van der Waals surface area contributed by atoms with E-state index < -0.39 is 11.7 Å². The first-order valence-corrected chi connectivity index (χ1v) is 5.78. The van der Waals surface area contributed by atoms with Crippen molar-refractivity contribution >= 4 is 38.4 Å². The second-order valence-corrected chi connectivity index (χ2v) is 4.47. The summed E-state index contributed by atoms with van der Waals surface area (Å²) in [5.74, 6) is -1.11. The monoisotopic (exact) mass is 301 g/mol. The van der Waals surface area contributed by atoms with Gasteiger partial charge >= 0.3 is 0 Å². The Morgan fingerprint density at radius 3 is 2.94 bits per heavy atom. The summed E-state index contributed by atoms with van der Waals surface area (Å²) >= 11 is 4.15. The van der Waals surface area contributed by atoms with E-state index in [1.165, 1.54) is 18.3 Å². The smallest absolute Gasteiger partial charge is 0.260 e. The predicted molar refractivity (Wildman–Crippen MR) is 62.0 cm³/mol. The summed E-state index contributed by atoms with van der Waals surface area (Å²) in [6.07, 6.45) is 1.40. The quantitative estimate of drug-likeness (QED) is 0.928. The first kappa shape index (κ1) is 11.2. The molecule has 0 saturated carbocycles. The number of hydrogen-bond acceptors (Lipinski definition) is 4. The van der Waals surface area contributed by atoms with Crippen LogP contribution >= 0.6 is 27.5 Å². The number of nitrogens with zero attached hydrogens (tertiary/aromatic N) is 2. The zero-order valence-corrected chi connectivity index (χ0v) is 10.2. The lowest BCUT2D eigenvalue weighted by Crippen LogP contribution is -2.13. The molecule has 1 heterocycles. The molecule has 0 aliphatic rings. The Kier molecular flexibility index (Phi) is 3.25. The Labute approximate surface area is 103 Å². The SMILES string of the molecule is O=C(Nc1cnns1)c1c(F)cccc1Br. The Bertz CT molecular complexity index is 497. The fraction of sp³-hybridized carbons (Fsp3) is 0. The van der Waals surface area contributed by atoms with Gasteiger partial charge in [0, 0.05) is 16.0 Å². The summed E-state index contributed by atoms with van der Waals surface area (Å²) in [6, 6.07) is 4.35. The normalized spacial score (nSPS) is 10.1. The summed E-state index contributed by atoms with van der Waals surface area (Å²) < 4.78 is 17.4. The van der Waals surface area contributed by atoms with Crippen LogP contribution in [0, 0.1) is 5.82 Å². The van der Waals surface area contributed by atoms with Gasteiger partial charge in [0.15, 0.2) is 0 Å². The van der Waals surface area contributed by atoms with E-state index in [9.17, 15) is 9.18 Å². The average Bonchev–Trinajstić information content (AvgIpc) is 2.70. The van der Waals surface area contributed by atoms with E-state index in [4.69, 9.17) is 0 Å². The van der Waals surface area contributed by atoms with Gasteiger partial charge in [-0.25, -0.2) is 4.39 Å². The molecule has 2 aromatic rings. The van der Waals surface area contributed by atoms with Crippen LogP contribution in [0.5, 0.6) is 0 Å². The Balaban J connectivity index is 2.28. The number of carbonyl (C=O) groups is 1. The molecule has 1 amide bonds. The highest BCUT2D eigenvalue weighted by Crippen LogP contribution is 2.21. The number of hydrogen-bond donors (Lipinski definition) is 1. The molecule has 4 nitrogen and oxygen atoms in total. The third-order valence-corrected chi connectivity index (χ3v) is 3.03. The summed E-state index contributed by atoms with van der Waals surface area (Å²) in [5, 5.41) is 6.54. The second kappa shape index (κ2) is 4.67. The number of halogens is 2. The fourth-order valence-corrected chi connectivity index (χ4v) is 2.05. The molecule has 0 aliphatic carbocycles. The summed E-state index contributed by atoms with van der Waals surface area (Å²) in [7, 11) is 0. The van der Waals surface area contributed by atoms with Gasteiger partial charge in [-0.05, 0) is 28.1 Å². The lowest BCUT2D eigenvalue weighted by molar-refractivity contribution is 0.102. The molecule has 0 atom stereocenters. The van der Waals surface area contributed by atoms with E-state index in [-0.39, 0.29) is 5.56 Å². The minimum absolute atomic E-state index is 0.0316. The van der Waals surface area contributed by atoms with Crippen molar-refractivity contribution in [3.63, 3.8) is 0 Å². The van der Waals surface area contributed by atoms with Crippen LogP contribution in [-0.4, -0.2) is 15.5 Å². The van der Waals surface area contributed by atoms with Crippen LogP contribution in [0.3, 0.4) is 0 Å². The maximum atomic E-state index is 13.4. The molecule has 0 spiro atoms. The van der Waals surface area contributed by atoms with Crippen molar-refractivity contribution in [1.29, 1.82) is 0 Å². The van der Waals surface area contributed by atoms with E-state index in [2.05, 4.69) is 30.8 Å². The number of benzene rings is 1. The maximum absolute atomic E-state index is 13.4. The molecule has 0 unspecified atom stereocenters. The molecule has 16 heavy (non-hydrogen) atoms. The minimum atomic E-state index is -0.579. The molecule has 0 bridgehead atoms. The van der Waals surface area contributed by atoms with Crippen molar-refractivity contribution in [2.45, 2.75) is 0 Å². The van der Waals surface area contributed by atoms with Crippen LogP contribution in [0.25, 0.3) is 0 Å². The van der Waals surface area contributed by atoms with Gasteiger partial charge in [0.1, 0.15) is 10.8 Å². The number of anilines is 1. The number of amides is 1. The molecular formula is C9H5BrFN3OS. The number of aromatic nitrogens is 2. The molecule has 7 heteroatoms. The van der Waals surface area contributed by atoms with Gasteiger partial charge < -0.3 is 5.32 Å². The first-order chi connectivity index (χ1) is 7.68. The van der Waals surface area contributed by atoms with Crippen LogP contribution in [0.4, 0.5) is 9.39 Å². The van der Waals surface area contributed by atoms with E-state index in [0.29, 0.717) is 9.47 Å². The van der Waals surface area contributed by atoms with Gasteiger partial charge in [-0.3, -0.25) is 4.79 Å². The van der Waals surface area contributed by atoms with Gasteiger partial charge in [0.05, 0.1) is 11.8 Å². The Morgan fingerprint density at radius 2 is 2.31 bits per heavy atom. The van der Waals surface area contributed by atoms with Gasteiger partial charge in [0.25, 0.3) is 5.91 Å². The zero-order chi connectivity index (χ0) is 11.5. The molecule has 1 aromatic carbocycles. The van der Waals surface area contributed by atoms with E-state index in [1.54, 1.807) is 6.07 Å². The van der Waals surface area contributed by atoms with Gasteiger partial charge in [0.2, 0.25) is 0 Å². The van der Waals surface area contributed by atoms with Crippen molar-refractivity contribution < 1.29 is 9.18 Å². The zero-order valence-electron chi connectivity index (χ0n) is 7.78. The summed E-state index contributed by atoms with van der Waals surface area (Å²) in [6.45, 7) is 0. The molecule has 0 aliphatic heterocycles. The molecule has 1 N–H and O–H groups in total. The maximum Gasteiger partial charge on any atom is 0.260 e. The number of rotatable bonds is 2. The lowest BCUT2D eigenvalue weighted by Gasteiger charge is -2.04. The van der Waals surface area contributed by atoms with Crippen LogP contribution in [0.1, 0.15) is 10.4 Å². The highest BCUT2D eigenvalue weighted by Gasteiger charge is 2.15. The number of nitrogens with one attached hydrogen (secondary N) is 1. The van der Waals surface area contributed by atoms with Gasteiger partial charge in [-0.1, -0.05) is 10.6 Å². The summed E-state index contributed by atoms with van der Waals surface area (Å²) in [4.78, 5) is 11.7. The minimum Gasteiger partial charge on any atom is -0.311 e. The molecule has 2 rings (SSSR count). The van der Waals surface area contributed by atoms with Gasteiger partial charge in [-0.15, -0.1) is 5.10 Å². The van der Waals surface area contributed by atoms with E-state index in [0.717, 1.165) is 11.5 Å². The van der Waals surface area contributed by atoms with E-state index in [1.807, 2.05) is 0 Å². The fourth-order valence-electron chi connectivity index (χ4n) is 1.11. The summed E-state index contributed by atoms with van der Waals surface area (Å²) in [5.41, 5.74) is -0.0316. The van der Waals surface area contributed by atoms with Gasteiger partial charge in [-0.2, -0.15) is 0 Å². The predicted octanol–water partition coefficient (Wildman–Crippen LogP) is 2.69. The van der Waals surface area contributed by atoms with Crippen molar-refractivity contribution in [2.75, 3.05) is 5.32 Å². The third kappa shape index (κ3) is 2.25. The lowest BCUT2D eigenvalue weighted by atomic mass is 10.2. The van der Waals surface area contributed by atoms with Crippen LogP contribution in [0.15, 0.2) is 28.9 Å². The third-order valence-electron chi connectivity index (χ3n) is 1.79. The largest absolute Gasteiger partial charge is 0.311 e. The van der Waals surface area contributed by atoms with Crippen LogP contribution < -0.4 is 5.32 Å².